The third-order valence-corrected chi connectivity index (χ3v) is 2.46. The van der Waals surface area contributed by atoms with E-state index in [0.29, 0.717) is 0 Å². The first-order valence-corrected chi connectivity index (χ1v) is 4.41. The van der Waals surface area contributed by atoms with Crippen molar-refractivity contribution in [3.05, 3.63) is 23.9 Å². The summed E-state index contributed by atoms with van der Waals surface area (Å²) in [5, 5.41) is 0. The molecule has 0 N–H and O–H groups in total. The Balaban J connectivity index is 2.49. The van der Waals surface area contributed by atoms with E-state index < -0.39 is 0 Å². The molecule has 0 bridgehead atoms. The minimum atomic E-state index is 0.0849. The van der Waals surface area contributed by atoms with Gasteiger partial charge in [-0.2, -0.15) is 0 Å². The Bertz CT molecular complexity index is 349. The topological polar surface area (TPSA) is 33.2 Å². The number of hydrogen-bond acceptors (Lipinski definition) is 2. The maximum Gasteiger partial charge on any atom is 0.231 e. The number of carbonyl (C=O) groups excluding carboxylic acids is 1. The SMILES string of the molecule is CC1Cc2cccnc2N(C)C1=O. The fraction of sp³-hybridized carbons (Fsp3) is 0.400. The molecule has 1 aliphatic rings. The summed E-state index contributed by atoms with van der Waals surface area (Å²) in [5.41, 5.74) is 1.16. The van der Waals surface area contributed by atoms with Gasteiger partial charge in [0.05, 0.1) is 0 Å². The molecule has 1 amide bonds. The van der Waals surface area contributed by atoms with E-state index in [1.165, 1.54) is 0 Å². The summed E-state index contributed by atoms with van der Waals surface area (Å²) in [5.74, 6) is 1.05. The van der Waals surface area contributed by atoms with Crippen molar-refractivity contribution in [1.29, 1.82) is 0 Å². The lowest BCUT2D eigenvalue weighted by atomic mass is 9.96. The lowest BCUT2D eigenvalue weighted by molar-refractivity contribution is -0.122. The zero-order chi connectivity index (χ0) is 9.42. The van der Waals surface area contributed by atoms with E-state index in [1.54, 1.807) is 18.1 Å². The number of anilines is 1. The van der Waals surface area contributed by atoms with Gasteiger partial charge in [-0.3, -0.25) is 9.69 Å². The number of fused-ring (bicyclic) bond motifs is 1. The normalized spacial score (nSPS) is 21.5. The smallest absolute Gasteiger partial charge is 0.231 e. The van der Waals surface area contributed by atoms with E-state index in [0.717, 1.165) is 17.8 Å². The quantitative estimate of drug-likeness (QED) is 0.595. The molecule has 1 atom stereocenters. The van der Waals surface area contributed by atoms with E-state index in [1.807, 2.05) is 19.1 Å². The predicted octanol–water partition coefficient (Wildman–Crippen LogP) is 1.24. The van der Waals surface area contributed by atoms with Gasteiger partial charge in [0.2, 0.25) is 5.91 Å². The van der Waals surface area contributed by atoms with Crippen LogP contribution >= 0.6 is 0 Å². The highest BCUT2D eigenvalue weighted by Crippen LogP contribution is 2.26. The van der Waals surface area contributed by atoms with Crippen molar-refractivity contribution in [2.24, 2.45) is 5.92 Å². The molecule has 0 saturated heterocycles. The number of aromatic nitrogens is 1. The maximum absolute atomic E-state index is 11.6. The molecule has 3 heteroatoms. The number of hydrogen-bond donors (Lipinski definition) is 0. The molecule has 1 aliphatic heterocycles. The molecule has 0 spiro atoms. The van der Waals surface area contributed by atoms with Crippen LogP contribution in [0, 0.1) is 5.92 Å². The van der Waals surface area contributed by atoms with E-state index in [4.69, 9.17) is 0 Å². The minimum absolute atomic E-state index is 0.0849. The summed E-state index contributed by atoms with van der Waals surface area (Å²) < 4.78 is 0. The van der Waals surface area contributed by atoms with Gasteiger partial charge >= 0.3 is 0 Å². The average Bonchev–Trinajstić information content (AvgIpc) is 2.15. The number of carbonyl (C=O) groups is 1. The van der Waals surface area contributed by atoms with Gasteiger partial charge in [0.15, 0.2) is 0 Å². The average molecular weight is 176 g/mol. The molecule has 1 aromatic heterocycles. The molecule has 1 aromatic rings. The van der Waals surface area contributed by atoms with Crippen LogP contribution in [0.5, 0.6) is 0 Å². The number of pyridine rings is 1. The van der Waals surface area contributed by atoms with Gasteiger partial charge in [0.25, 0.3) is 0 Å². The van der Waals surface area contributed by atoms with Crippen LogP contribution in [0.2, 0.25) is 0 Å². The first-order valence-electron chi connectivity index (χ1n) is 4.41. The number of nitrogens with zero attached hydrogens (tertiary/aromatic N) is 2. The fourth-order valence-electron chi connectivity index (χ4n) is 1.74. The molecular weight excluding hydrogens is 164 g/mol. The fourth-order valence-corrected chi connectivity index (χ4v) is 1.74. The molecule has 2 heterocycles. The number of rotatable bonds is 0. The molecule has 68 valence electrons. The Morgan fingerprint density at radius 3 is 3.15 bits per heavy atom. The van der Waals surface area contributed by atoms with Crippen LogP contribution in [0.1, 0.15) is 12.5 Å². The van der Waals surface area contributed by atoms with Gasteiger partial charge in [0, 0.05) is 19.2 Å². The summed E-state index contributed by atoms with van der Waals surface area (Å²) in [6.07, 6.45) is 2.53. The van der Waals surface area contributed by atoms with Crippen molar-refractivity contribution in [3.63, 3.8) is 0 Å². The van der Waals surface area contributed by atoms with Crippen LogP contribution in [-0.2, 0) is 11.2 Å². The maximum atomic E-state index is 11.6. The molecule has 0 saturated carbocycles. The molecule has 13 heavy (non-hydrogen) atoms. The molecule has 0 aromatic carbocycles. The summed E-state index contributed by atoms with van der Waals surface area (Å²) in [6.45, 7) is 1.95. The molecule has 0 fully saturated rings. The van der Waals surface area contributed by atoms with Gasteiger partial charge in [0.1, 0.15) is 5.82 Å². The van der Waals surface area contributed by atoms with Crippen LogP contribution < -0.4 is 4.90 Å². The highest BCUT2D eigenvalue weighted by Gasteiger charge is 2.27. The van der Waals surface area contributed by atoms with Crippen molar-refractivity contribution >= 4 is 11.7 Å². The van der Waals surface area contributed by atoms with Gasteiger partial charge in [-0.15, -0.1) is 0 Å². The number of amides is 1. The molecular formula is C10H12N2O. The monoisotopic (exact) mass is 176 g/mol. The summed E-state index contributed by atoms with van der Waals surface area (Å²) in [7, 11) is 1.78. The molecule has 0 radical (unpaired) electrons. The van der Waals surface area contributed by atoms with Gasteiger partial charge in [-0.05, 0) is 18.1 Å². The van der Waals surface area contributed by atoms with E-state index >= 15 is 0 Å². The van der Waals surface area contributed by atoms with E-state index in [2.05, 4.69) is 4.98 Å². The van der Waals surface area contributed by atoms with Gasteiger partial charge < -0.3 is 0 Å². The summed E-state index contributed by atoms with van der Waals surface area (Å²) in [6, 6.07) is 3.94. The summed E-state index contributed by atoms with van der Waals surface area (Å²) >= 11 is 0. The van der Waals surface area contributed by atoms with Crippen molar-refractivity contribution in [1.82, 2.24) is 4.98 Å². The lowest BCUT2D eigenvalue weighted by Gasteiger charge is -2.28. The van der Waals surface area contributed by atoms with Crippen LogP contribution in [0.4, 0.5) is 5.82 Å². The van der Waals surface area contributed by atoms with E-state index in [9.17, 15) is 4.79 Å². The third-order valence-electron chi connectivity index (χ3n) is 2.46. The molecule has 0 aliphatic carbocycles. The Morgan fingerprint density at radius 2 is 2.38 bits per heavy atom. The molecule has 2 rings (SSSR count). The Hall–Kier alpha value is -1.38. The van der Waals surface area contributed by atoms with Crippen molar-refractivity contribution < 1.29 is 4.79 Å². The first-order chi connectivity index (χ1) is 6.20. The molecule has 3 nitrogen and oxygen atoms in total. The molecule has 1 unspecified atom stereocenters. The van der Waals surface area contributed by atoms with Crippen molar-refractivity contribution in [2.75, 3.05) is 11.9 Å². The van der Waals surface area contributed by atoms with Crippen molar-refractivity contribution in [3.8, 4) is 0 Å². The van der Waals surface area contributed by atoms with Crippen LogP contribution in [0.15, 0.2) is 18.3 Å². The second-order valence-corrected chi connectivity index (χ2v) is 3.49. The van der Waals surface area contributed by atoms with E-state index in [-0.39, 0.29) is 11.8 Å². The largest absolute Gasteiger partial charge is 0.299 e. The van der Waals surface area contributed by atoms with Crippen LogP contribution in [0.3, 0.4) is 0 Å². The minimum Gasteiger partial charge on any atom is -0.299 e. The van der Waals surface area contributed by atoms with Crippen LogP contribution in [-0.4, -0.2) is 17.9 Å². The highest BCUT2D eigenvalue weighted by atomic mass is 16.2. The van der Waals surface area contributed by atoms with Gasteiger partial charge in [-0.25, -0.2) is 4.98 Å². The Morgan fingerprint density at radius 1 is 1.62 bits per heavy atom. The third kappa shape index (κ3) is 1.20. The zero-order valence-electron chi connectivity index (χ0n) is 7.82. The second kappa shape index (κ2) is 2.83. The lowest BCUT2D eigenvalue weighted by Crippen LogP contribution is -2.37. The Labute approximate surface area is 77.4 Å². The predicted molar refractivity (Wildman–Crippen MR) is 50.5 cm³/mol. The summed E-state index contributed by atoms with van der Waals surface area (Å²) in [4.78, 5) is 17.4. The van der Waals surface area contributed by atoms with Crippen molar-refractivity contribution in [2.45, 2.75) is 13.3 Å². The first kappa shape index (κ1) is 8.23. The standard InChI is InChI=1S/C10H12N2O/c1-7-6-8-4-3-5-11-9(8)12(2)10(7)13/h3-5,7H,6H2,1-2H3. The Kier molecular flexibility index (Phi) is 1.79. The highest BCUT2D eigenvalue weighted by molar-refractivity contribution is 5.96. The van der Waals surface area contributed by atoms with Gasteiger partial charge in [-0.1, -0.05) is 13.0 Å². The van der Waals surface area contributed by atoms with Crippen LogP contribution in [0.25, 0.3) is 0 Å². The second-order valence-electron chi connectivity index (χ2n) is 3.49. The zero-order valence-corrected chi connectivity index (χ0v) is 7.82.